The van der Waals surface area contributed by atoms with E-state index in [-0.39, 0.29) is 17.7 Å². The van der Waals surface area contributed by atoms with Crippen molar-refractivity contribution in [2.45, 2.75) is 33.1 Å². The fourth-order valence-electron chi connectivity index (χ4n) is 2.07. The molecule has 1 aliphatic carbocycles. The molecule has 0 spiro atoms. The third-order valence-corrected chi connectivity index (χ3v) is 3.43. The van der Waals surface area contributed by atoms with E-state index >= 15 is 0 Å². The lowest BCUT2D eigenvalue weighted by Gasteiger charge is -2.18. The summed E-state index contributed by atoms with van der Waals surface area (Å²) in [5, 5.41) is 11.4. The molecule has 1 saturated carbocycles. The molecule has 1 aliphatic rings. The first-order valence-electron chi connectivity index (χ1n) is 6.79. The molecule has 1 rings (SSSR count). The van der Waals surface area contributed by atoms with Gasteiger partial charge in [0.1, 0.15) is 0 Å². The molecule has 0 bridgehead atoms. The molecule has 0 heterocycles. The van der Waals surface area contributed by atoms with Crippen molar-refractivity contribution in [1.29, 1.82) is 0 Å². The van der Waals surface area contributed by atoms with Gasteiger partial charge in [-0.15, -0.1) is 0 Å². The number of hydrogen-bond acceptors (Lipinski definition) is 3. The van der Waals surface area contributed by atoms with Gasteiger partial charge in [0, 0.05) is 26.1 Å². The summed E-state index contributed by atoms with van der Waals surface area (Å²) < 4.78 is 0. The molecule has 1 fully saturated rings. The number of hydrogen-bond donors (Lipinski definition) is 2. The first-order chi connectivity index (χ1) is 9.01. The molecular formula is C13H22N2O4. The number of carboxylic acid groups (broad SMARTS) is 1. The highest BCUT2D eigenvalue weighted by molar-refractivity contribution is 5.89. The van der Waals surface area contributed by atoms with E-state index < -0.39 is 11.9 Å². The minimum atomic E-state index is -0.906. The van der Waals surface area contributed by atoms with Crippen molar-refractivity contribution in [2.24, 2.45) is 11.8 Å². The number of aliphatic carboxylic acids is 1. The van der Waals surface area contributed by atoms with E-state index in [1.54, 1.807) is 4.90 Å². The maximum absolute atomic E-state index is 11.7. The van der Waals surface area contributed by atoms with Crippen molar-refractivity contribution in [3.63, 3.8) is 0 Å². The Kier molecular flexibility index (Phi) is 5.79. The van der Waals surface area contributed by atoms with Gasteiger partial charge in [-0.25, -0.2) is 0 Å². The molecule has 6 heteroatoms. The normalized spacial score (nSPS) is 20.7. The Morgan fingerprint density at radius 3 is 2.32 bits per heavy atom. The molecule has 0 aromatic rings. The van der Waals surface area contributed by atoms with Gasteiger partial charge in [-0.2, -0.15) is 0 Å². The van der Waals surface area contributed by atoms with Crippen LogP contribution in [0.2, 0.25) is 0 Å². The lowest BCUT2D eigenvalue weighted by Crippen LogP contribution is -2.32. The zero-order valence-electron chi connectivity index (χ0n) is 11.5. The lowest BCUT2D eigenvalue weighted by molar-refractivity contribution is -0.140. The van der Waals surface area contributed by atoms with Crippen molar-refractivity contribution >= 4 is 17.8 Å². The third-order valence-electron chi connectivity index (χ3n) is 3.43. The maximum Gasteiger partial charge on any atom is 0.307 e. The van der Waals surface area contributed by atoms with Crippen LogP contribution in [0, 0.1) is 11.8 Å². The summed E-state index contributed by atoms with van der Waals surface area (Å²) >= 11 is 0. The minimum absolute atomic E-state index is 0.0917. The highest BCUT2D eigenvalue weighted by Gasteiger charge is 2.48. The first kappa shape index (κ1) is 15.5. The van der Waals surface area contributed by atoms with Gasteiger partial charge in [-0.05, 0) is 26.7 Å². The predicted molar refractivity (Wildman–Crippen MR) is 69.4 cm³/mol. The SMILES string of the molecule is CCN(CC)C(=O)CCCNC(=O)C1CC1C(=O)O. The smallest absolute Gasteiger partial charge is 0.307 e. The summed E-state index contributed by atoms with van der Waals surface area (Å²) in [6.45, 7) is 5.69. The van der Waals surface area contributed by atoms with E-state index in [0.717, 1.165) is 0 Å². The minimum Gasteiger partial charge on any atom is -0.481 e. The van der Waals surface area contributed by atoms with Crippen LogP contribution in [0.15, 0.2) is 0 Å². The molecule has 108 valence electrons. The first-order valence-corrected chi connectivity index (χ1v) is 6.79. The Balaban J connectivity index is 2.13. The zero-order chi connectivity index (χ0) is 14.4. The second kappa shape index (κ2) is 7.11. The van der Waals surface area contributed by atoms with Crippen LogP contribution in [0.4, 0.5) is 0 Å². The zero-order valence-corrected chi connectivity index (χ0v) is 11.5. The van der Waals surface area contributed by atoms with Crippen LogP contribution in [0.5, 0.6) is 0 Å². The van der Waals surface area contributed by atoms with Gasteiger partial charge in [0.05, 0.1) is 11.8 Å². The van der Waals surface area contributed by atoms with E-state index in [1.165, 1.54) is 0 Å². The summed E-state index contributed by atoms with van der Waals surface area (Å²) in [5.41, 5.74) is 0. The summed E-state index contributed by atoms with van der Waals surface area (Å²) in [6.07, 6.45) is 1.43. The standard InChI is InChI=1S/C13H22N2O4/c1-3-15(4-2)11(16)6-5-7-14-12(17)9-8-10(9)13(18)19/h9-10H,3-8H2,1-2H3,(H,14,17)(H,18,19). The number of nitrogens with one attached hydrogen (secondary N) is 1. The van der Waals surface area contributed by atoms with Crippen molar-refractivity contribution in [2.75, 3.05) is 19.6 Å². The molecule has 0 aromatic heterocycles. The molecule has 2 amide bonds. The molecule has 2 unspecified atom stereocenters. The highest BCUT2D eigenvalue weighted by Crippen LogP contribution is 2.38. The summed E-state index contributed by atoms with van der Waals surface area (Å²) in [4.78, 5) is 35.6. The van der Waals surface area contributed by atoms with Gasteiger partial charge in [-0.3, -0.25) is 14.4 Å². The molecule has 19 heavy (non-hydrogen) atoms. The fraction of sp³-hybridized carbons (Fsp3) is 0.769. The number of carbonyl (C=O) groups is 3. The van der Waals surface area contributed by atoms with E-state index in [2.05, 4.69) is 5.32 Å². The Labute approximate surface area is 113 Å². The van der Waals surface area contributed by atoms with E-state index in [0.29, 0.717) is 38.9 Å². The van der Waals surface area contributed by atoms with E-state index in [9.17, 15) is 14.4 Å². The van der Waals surface area contributed by atoms with Gasteiger partial charge in [0.2, 0.25) is 11.8 Å². The number of amides is 2. The predicted octanol–water partition coefficient (Wildman–Crippen LogP) is 0.472. The summed E-state index contributed by atoms with van der Waals surface area (Å²) in [7, 11) is 0. The van der Waals surface area contributed by atoms with Crippen molar-refractivity contribution < 1.29 is 19.5 Å². The second-order valence-electron chi connectivity index (χ2n) is 4.75. The van der Waals surface area contributed by atoms with E-state index in [1.807, 2.05) is 13.8 Å². The second-order valence-corrected chi connectivity index (χ2v) is 4.75. The Morgan fingerprint density at radius 2 is 1.84 bits per heavy atom. The molecule has 0 aliphatic heterocycles. The van der Waals surface area contributed by atoms with E-state index in [4.69, 9.17) is 5.11 Å². The third kappa shape index (κ3) is 4.54. The van der Waals surface area contributed by atoms with Crippen LogP contribution >= 0.6 is 0 Å². The average Bonchev–Trinajstić information content (AvgIpc) is 3.16. The van der Waals surface area contributed by atoms with Crippen LogP contribution in [-0.4, -0.2) is 47.4 Å². The van der Waals surface area contributed by atoms with Crippen LogP contribution in [-0.2, 0) is 14.4 Å². The van der Waals surface area contributed by atoms with Crippen LogP contribution in [0.1, 0.15) is 33.1 Å². The van der Waals surface area contributed by atoms with Crippen molar-refractivity contribution in [3.8, 4) is 0 Å². The molecule has 2 N–H and O–H groups in total. The summed E-state index contributed by atoms with van der Waals surface area (Å²) in [5.74, 6) is -1.91. The van der Waals surface area contributed by atoms with Crippen molar-refractivity contribution in [3.05, 3.63) is 0 Å². The van der Waals surface area contributed by atoms with Gasteiger partial charge in [0.15, 0.2) is 0 Å². The van der Waals surface area contributed by atoms with Crippen molar-refractivity contribution in [1.82, 2.24) is 10.2 Å². The number of rotatable bonds is 8. The number of nitrogens with zero attached hydrogens (tertiary/aromatic N) is 1. The van der Waals surface area contributed by atoms with Gasteiger partial charge in [0.25, 0.3) is 0 Å². The monoisotopic (exact) mass is 270 g/mol. The average molecular weight is 270 g/mol. The highest BCUT2D eigenvalue weighted by atomic mass is 16.4. The molecule has 0 aromatic carbocycles. The fourth-order valence-corrected chi connectivity index (χ4v) is 2.07. The largest absolute Gasteiger partial charge is 0.481 e. The number of carbonyl (C=O) groups excluding carboxylic acids is 2. The van der Waals surface area contributed by atoms with Gasteiger partial charge in [-0.1, -0.05) is 0 Å². The van der Waals surface area contributed by atoms with Gasteiger partial charge < -0.3 is 15.3 Å². The Bertz CT molecular complexity index is 353. The van der Waals surface area contributed by atoms with Crippen LogP contribution in [0.25, 0.3) is 0 Å². The topological polar surface area (TPSA) is 86.7 Å². The molecule has 0 radical (unpaired) electrons. The molecule has 0 saturated heterocycles. The molecule has 2 atom stereocenters. The quantitative estimate of drug-likeness (QED) is 0.628. The lowest BCUT2D eigenvalue weighted by atomic mass is 10.2. The number of carboxylic acids is 1. The summed E-state index contributed by atoms with van der Waals surface area (Å²) in [6, 6.07) is 0. The van der Waals surface area contributed by atoms with Gasteiger partial charge >= 0.3 is 5.97 Å². The molecule has 6 nitrogen and oxygen atoms in total. The Morgan fingerprint density at radius 1 is 1.21 bits per heavy atom. The van der Waals surface area contributed by atoms with Crippen LogP contribution in [0.3, 0.4) is 0 Å². The Hall–Kier alpha value is -1.59. The van der Waals surface area contributed by atoms with Crippen LogP contribution < -0.4 is 5.32 Å². The molecular weight excluding hydrogens is 248 g/mol. The maximum atomic E-state index is 11.7.